The third-order valence-electron chi connectivity index (χ3n) is 8.76. The maximum atomic E-state index is 15.0. The third kappa shape index (κ3) is 5.30. The Labute approximate surface area is 228 Å². The van der Waals surface area contributed by atoms with E-state index < -0.39 is 11.4 Å². The normalized spacial score (nSPS) is 27.4. The van der Waals surface area contributed by atoms with Crippen LogP contribution >= 0.6 is 23.2 Å². The summed E-state index contributed by atoms with van der Waals surface area (Å²) in [5, 5.41) is 10.6. The minimum Gasteiger partial charge on any atom is -0.486 e. The minimum absolute atomic E-state index is 0.229. The van der Waals surface area contributed by atoms with E-state index in [-0.39, 0.29) is 11.9 Å². The van der Waals surface area contributed by atoms with Crippen molar-refractivity contribution in [3.8, 4) is 5.75 Å². The average Bonchev–Trinajstić information content (AvgIpc) is 2.78. The van der Waals surface area contributed by atoms with Crippen molar-refractivity contribution in [2.45, 2.75) is 58.6 Å². The molecule has 2 aliphatic heterocycles. The standard InChI is InChI=1S/C29H35Cl2FN2O3/c1-17-9-25(32)26(11-27(17)37-18(2)23-7-6-21(30)10-24(23)31)34-15-20(16-34)19-5-4-8-33(14-19)22-12-29(3,13-22)28(35)36/h6-7,9-11,18-20,22H,4-5,8,12-16H2,1-3H3,(H,35,36)/t18-,19+,22?,29?/m1/s1. The number of hydrogen-bond donors (Lipinski definition) is 1. The van der Waals surface area contributed by atoms with E-state index in [9.17, 15) is 9.90 Å². The molecule has 5 nitrogen and oxygen atoms in total. The number of hydrogen-bond acceptors (Lipinski definition) is 4. The van der Waals surface area contributed by atoms with E-state index in [2.05, 4.69) is 9.80 Å². The summed E-state index contributed by atoms with van der Waals surface area (Å²) in [6.07, 6.45) is 3.49. The number of ether oxygens (including phenoxy) is 1. The SMILES string of the molecule is Cc1cc(F)c(N2CC([C@H]3CCCN(C4CC(C)(C(=O)O)C4)C3)C2)cc1O[C@H](C)c1ccc(Cl)cc1Cl. The summed E-state index contributed by atoms with van der Waals surface area (Å²) in [7, 11) is 0. The molecule has 2 aromatic rings. The second-order valence-electron chi connectivity index (χ2n) is 11.5. The largest absolute Gasteiger partial charge is 0.486 e. The Hall–Kier alpha value is -2.02. The molecule has 2 atom stereocenters. The average molecular weight is 550 g/mol. The number of carboxylic acids is 1. The highest BCUT2D eigenvalue weighted by Crippen LogP contribution is 2.46. The van der Waals surface area contributed by atoms with Crippen LogP contribution in [0.3, 0.4) is 0 Å². The Kier molecular flexibility index (Phi) is 7.38. The first-order chi connectivity index (χ1) is 17.5. The molecule has 1 N–H and O–H groups in total. The molecular formula is C29H35Cl2FN2O3. The van der Waals surface area contributed by atoms with Crippen molar-refractivity contribution in [1.82, 2.24) is 4.90 Å². The number of rotatable bonds is 7. The first kappa shape index (κ1) is 26.6. The van der Waals surface area contributed by atoms with Crippen molar-refractivity contribution in [1.29, 1.82) is 0 Å². The monoisotopic (exact) mass is 548 g/mol. The number of halogens is 3. The Balaban J connectivity index is 1.20. The highest BCUT2D eigenvalue weighted by molar-refractivity contribution is 6.35. The third-order valence-corrected chi connectivity index (χ3v) is 9.32. The molecule has 1 aliphatic carbocycles. The lowest BCUT2D eigenvalue weighted by Crippen LogP contribution is -2.58. The molecule has 3 aliphatic rings. The van der Waals surface area contributed by atoms with Gasteiger partial charge in [-0.3, -0.25) is 4.79 Å². The van der Waals surface area contributed by atoms with Gasteiger partial charge in [0.25, 0.3) is 0 Å². The zero-order valence-electron chi connectivity index (χ0n) is 21.6. The van der Waals surface area contributed by atoms with Crippen LogP contribution in [0.25, 0.3) is 0 Å². The second kappa shape index (κ2) is 10.3. The lowest BCUT2D eigenvalue weighted by molar-refractivity contribution is -0.158. The van der Waals surface area contributed by atoms with Gasteiger partial charge in [0.05, 0.1) is 11.1 Å². The molecule has 1 saturated carbocycles. The summed E-state index contributed by atoms with van der Waals surface area (Å²) < 4.78 is 21.2. The molecule has 0 bridgehead atoms. The van der Waals surface area contributed by atoms with Crippen LogP contribution in [0.2, 0.25) is 10.0 Å². The van der Waals surface area contributed by atoms with Crippen molar-refractivity contribution in [2.24, 2.45) is 17.3 Å². The Morgan fingerprint density at radius 3 is 2.57 bits per heavy atom. The number of aliphatic carboxylic acids is 1. The summed E-state index contributed by atoms with van der Waals surface area (Å²) in [5.74, 6) is 0.825. The molecule has 3 fully saturated rings. The molecule has 2 aromatic carbocycles. The zero-order valence-corrected chi connectivity index (χ0v) is 23.2. The van der Waals surface area contributed by atoms with Gasteiger partial charge in [-0.2, -0.15) is 0 Å². The zero-order chi connectivity index (χ0) is 26.5. The van der Waals surface area contributed by atoms with Crippen LogP contribution in [0, 0.1) is 30.0 Å². The number of piperidine rings is 1. The maximum absolute atomic E-state index is 15.0. The summed E-state index contributed by atoms with van der Waals surface area (Å²) in [4.78, 5) is 16.1. The molecule has 0 unspecified atom stereocenters. The van der Waals surface area contributed by atoms with Crippen LogP contribution in [-0.2, 0) is 4.79 Å². The summed E-state index contributed by atoms with van der Waals surface area (Å²) in [5.41, 5.74) is 1.59. The van der Waals surface area contributed by atoms with E-state index >= 15 is 4.39 Å². The van der Waals surface area contributed by atoms with E-state index in [0.29, 0.717) is 39.4 Å². The number of likely N-dealkylation sites (tertiary alicyclic amines) is 1. The first-order valence-electron chi connectivity index (χ1n) is 13.2. The molecule has 37 heavy (non-hydrogen) atoms. The Morgan fingerprint density at radius 2 is 1.89 bits per heavy atom. The number of nitrogens with zero attached hydrogens (tertiary/aromatic N) is 2. The molecule has 0 aromatic heterocycles. The molecule has 8 heteroatoms. The van der Waals surface area contributed by atoms with Crippen LogP contribution in [0.15, 0.2) is 30.3 Å². The van der Waals surface area contributed by atoms with Gasteiger partial charge in [0.2, 0.25) is 0 Å². The number of aryl methyl sites for hydroxylation is 1. The van der Waals surface area contributed by atoms with Crippen molar-refractivity contribution in [3.05, 3.63) is 57.3 Å². The van der Waals surface area contributed by atoms with Gasteiger partial charge in [-0.1, -0.05) is 29.3 Å². The Morgan fingerprint density at radius 1 is 1.16 bits per heavy atom. The summed E-state index contributed by atoms with van der Waals surface area (Å²) in [6.45, 7) is 9.36. The number of anilines is 1. The van der Waals surface area contributed by atoms with Gasteiger partial charge in [0.15, 0.2) is 0 Å². The van der Waals surface area contributed by atoms with Gasteiger partial charge in [0.1, 0.15) is 17.7 Å². The molecule has 0 spiro atoms. The van der Waals surface area contributed by atoms with E-state index in [0.717, 1.165) is 56.6 Å². The van der Waals surface area contributed by atoms with E-state index in [4.69, 9.17) is 27.9 Å². The van der Waals surface area contributed by atoms with Crippen LogP contribution in [0.4, 0.5) is 10.1 Å². The number of benzene rings is 2. The van der Waals surface area contributed by atoms with Crippen LogP contribution < -0.4 is 9.64 Å². The van der Waals surface area contributed by atoms with Crippen LogP contribution in [0.5, 0.6) is 5.75 Å². The number of carbonyl (C=O) groups is 1. The fraction of sp³-hybridized carbons (Fsp3) is 0.552. The molecule has 5 rings (SSSR count). The van der Waals surface area contributed by atoms with Crippen LogP contribution in [0.1, 0.15) is 56.8 Å². The first-order valence-corrected chi connectivity index (χ1v) is 13.9. The molecule has 0 amide bonds. The smallest absolute Gasteiger partial charge is 0.309 e. The summed E-state index contributed by atoms with van der Waals surface area (Å²) in [6, 6.07) is 9.08. The Bertz CT molecular complexity index is 1180. The molecule has 200 valence electrons. The van der Waals surface area contributed by atoms with Crippen molar-refractivity contribution in [2.75, 3.05) is 31.1 Å². The van der Waals surface area contributed by atoms with Gasteiger partial charge >= 0.3 is 5.97 Å². The predicted molar refractivity (Wildman–Crippen MR) is 145 cm³/mol. The molecule has 0 radical (unpaired) electrons. The van der Waals surface area contributed by atoms with E-state index in [1.54, 1.807) is 18.2 Å². The van der Waals surface area contributed by atoms with Crippen molar-refractivity contribution < 1.29 is 19.0 Å². The van der Waals surface area contributed by atoms with Crippen LogP contribution in [-0.4, -0.2) is 48.2 Å². The maximum Gasteiger partial charge on any atom is 0.309 e. The fourth-order valence-corrected chi connectivity index (χ4v) is 6.84. The van der Waals surface area contributed by atoms with Gasteiger partial charge in [-0.05, 0) is 88.6 Å². The van der Waals surface area contributed by atoms with Gasteiger partial charge in [-0.25, -0.2) is 4.39 Å². The molecule has 2 heterocycles. The minimum atomic E-state index is -0.680. The highest BCUT2D eigenvalue weighted by Gasteiger charge is 2.49. The lowest BCUT2D eigenvalue weighted by atomic mass is 9.65. The number of carboxylic acid groups (broad SMARTS) is 1. The quantitative estimate of drug-likeness (QED) is 0.404. The second-order valence-corrected chi connectivity index (χ2v) is 12.3. The van der Waals surface area contributed by atoms with Gasteiger partial charge < -0.3 is 19.6 Å². The summed E-state index contributed by atoms with van der Waals surface area (Å²) >= 11 is 12.4. The molecular weight excluding hydrogens is 514 g/mol. The predicted octanol–water partition coefficient (Wildman–Crippen LogP) is 6.98. The van der Waals surface area contributed by atoms with E-state index in [1.807, 2.05) is 32.9 Å². The lowest BCUT2D eigenvalue weighted by Gasteiger charge is -2.52. The molecule has 2 saturated heterocycles. The highest BCUT2D eigenvalue weighted by atomic mass is 35.5. The van der Waals surface area contributed by atoms with E-state index in [1.165, 1.54) is 6.42 Å². The van der Waals surface area contributed by atoms with Gasteiger partial charge in [0, 0.05) is 47.4 Å². The topological polar surface area (TPSA) is 53.0 Å². The van der Waals surface area contributed by atoms with Crippen molar-refractivity contribution in [3.63, 3.8) is 0 Å². The van der Waals surface area contributed by atoms with Crippen molar-refractivity contribution >= 4 is 34.9 Å². The fourth-order valence-electron chi connectivity index (χ4n) is 6.27. The van der Waals surface area contributed by atoms with Gasteiger partial charge in [-0.15, -0.1) is 0 Å².